The van der Waals surface area contributed by atoms with E-state index in [-0.39, 0.29) is 0 Å². The average Bonchev–Trinajstić information content (AvgIpc) is 2.82. The fraction of sp³-hybridized carbons (Fsp3) is 0.636. The number of nitrogens with two attached hydrogens (primary N) is 1. The zero-order valence-corrected chi connectivity index (χ0v) is 17.0. The Kier molecular flexibility index (Phi) is 23.4. The van der Waals surface area contributed by atoms with Crippen LogP contribution >= 0.6 is 0 Å². The second kappa shape index (κ2) is 18.1. The molecule has 3 N–H and O–H groups in total. The van der Waals surface area contributed by atoms with Crippen LogP contribution in [0.2, 0.25) is 4.43 Å². The number of aliphatic hydroxyl groups is 1. The number of aliphatic hydroxyl groups excluding tert-OH is 1. The van der Waals surface area contributed by atoms with Gasteiger partial charge in [-0.3, -0.25) is 0 Å². The van der Waals surface area contributed by atoms with Crippen molar-refractivity contribution >= 4 is 6.29 Å². The van der Waals surface area contributed by atoms with Gasteiger partial charge < -0.3 is 20.2 Å². The molecule has 0 radical (unpaired) electrons. The Morgan fingerprint density at radius 3 is 2.29 bits per heavy atom. The van der Waals surface area contributed by atoms with E-state index in [0.29, 0.717) is 6.42 Å². The monoisotopic (exact) mass is 432 g/mol. The summed E-state index contributed by atoms with van der Waals surface area (Å²) in [6, 6.07) is -0.412. The number of nitrogens with zero attached hydrogens (tertiary/aromatic N) is 2. The van der Waals surface area contributed by atoms with Gasteiger partial charge in [-0.2, -0.15) is 0 Å². The number of hydrogen-bond acceptors (Lipinski definition) is 4. The molecule has 1 rings (SSSR count). The molecule has 0 amide bonds. The van der Waals surface area contributed by atoms with Gasteiger partial charge in [0.1, 0.15) is 6.29 Å². The van der Waals surface area contributed by atoms with E-state index in [2.05, 4.69) is 9.42 Å². The second-order valence-corrected chi connectivity index (χ2v) is 2.50. The third-order valence-electron chi connectivity index (χ3n) is 1.54. The van der Waals surface area contributed by atoms with Gasteiger partial charge in [0.2, 0.25) is 0 Å². The van der Waals surface area contributed by atoms with Crippen LogP contribution in [0.25, 0.3) is 0 Å². The first-order valence-electron chi connectivity index (χ1n) is 5.55. The zero-order chi connectivity index (χ0) is 14.3. The van der Waals surface area contributed by atoms with E-state index >= 15 is 0 Å². The van der Waals surface area contributed by atoms with Crippen molar-refractivity contribution in [2.24, 2.45) is 12.8 Å². The van der Waals surface area contributed by atoms with Crippen molar-refractivity contribution < 1.29 is 36.0 Å². The van der Waals surface area contributed by atoms with Crippen molar-refractivity contribution in [1.82, 2.24) is 9.55 Å². The van der Waals surface area contributed by atoms with Crippen LogP contribution < -0.4 is 5.73 Å². The molecule has 0 saturated carbocycles. The third-order valence-corrected chi connectivity index (χ3v) is 1.54. The van der Waals surface area contributed by atoms with E-state index in [1.165, 1.54) is 0 Å². The van der Waals surface area contributed by atoms with Crippen LogP contribution in [0, 0.1) is 0 Å². The molecule has 1 heterocycles. The first kappa shape index (κ1) is 22.0. The maximum absolute atomic E-state index is 10.2. The molecule has 6 heteroatoms. The summed E-state index contributed by atoms with van der Waals surface area (Å²) in [4.78, 5) is 14.1. The second-order valence-electron chi connectivity index (χ2n) is 2.50. The van der Waals surface area contributed by atoms with Gasteiger partial charge in [0.15, 0.2) is 0 Å². The van der Waals surface area contributed by atoms with Crippen molar-refractivity contribution in [2.45, 2.75) is 30.7 Å². The van der Waals surface area contributed by atoms with Crippen molar-refractivity contribution in [3.8, 4) is 0 Å². The quantitative estimate of drug-likeness (QED) is 0.546. The number of carbonyl (C=O) groups excluding carboxylic acids is 1. The molecule has 1 aromatic rings. The molecule has 0 aliphatic rings. The Hall–Kier alpha value is -0.265. The summed E-state index contributed by atoms with van der Waals surface area (Å²) in [6.45, 7) is 4.00. The third kappa shape index (κ3) is 12.0. The predicted octanol–water partition coefficient (Wildman–Crippen LogP) is 0.705. The maximum atomic E-state index is 10.2. The van der Waals surface area contributed by atoms with Crippen LogP contribution in [0.5, 0.6) is 0 Å². The van der Waals surface area contributed by atoms with E-state index in [4.69, 9.17) is 10.8 Å². The number of aromatic nitrogens is 2. The van der Waals surface area contributed by atoms with Gasteiger partial charge in [-0.25, -0.2) is 4.98 Å². The molecule has 5 nitrogen and oxygen atoms in total. The van der Waals surface area contributed by atoms with E-state index in [1.807, 2.05) is 25.5 Å². The van der Waals surface area contributed by atoms with Crippen LogP contribution in [-0.4, -0.2) is 34.1 Å². The van der Waals surface area contributed by atoms with Crippen LogP contribution in [-0.2, 0) is 44.4 Å². The van der Waals surface area contributed by atoms with Crippen molar-refractivity contribution in [3.05, 3.63) is 18.2 Å². The van der Waals surface area contributed by atoms with E-state index in [9.17, 15) is 4.79 Å². The van der Waals surface area contributed by atoms with E-state index in [1.54, 1.807) is 12.5 Å². The summed E-state index contributed by atoms with van der Waals surface area (Å²) >= 11 is 1.03. The van der Waals surface area contributed by atoms with Gasteiger partial charge in [0.05, 0.1) is 12.4 Å². The zero-order valence-electron chi connectivity index (χ0n) is 11.6. The van der Waals surface area contributed by atoms with Crippen LogP contribution in [0.3, 0.4) is 0 Å². The van der Waals surface area contributed by atoms with Crippen LogP contribution in [0.4, 0.5) is 0 Å². The van der Waals surface area contributed by atoms with Crippen molar-refractivity contribution in [3.63, 3.8) is 0 Å². The molecule has 0 fully saturated rings. The molecule has 0 aliphatic heterocycles. The van der Waals surface area contributed by atoms with Gasteiger partial charge in [-0.05, 0) is 0 Å². The van der Waals surface area contributed by atoms with Crippen LogP contribution in [0.1, 0.15) is 19.5 Å². The van der Waals surface area contributed by atoms with Gasteiger partial charge in [-0.1, -0.05) is 13.8 Å². The molecule has 0 spiro atoms. The average molecular weight is 431 g/mol. The fourth-order valence-corrected chi connectivity index (χ4v) is 0.871. The van der Waals surface area contributed by atoms with Gasteiger partial charge in [0, 0.05) is 32.5 Å². The summed E-state index contributed by atoms with van der Waals surface area (Å²) in [5, 5.41) is 7.00. The summed E-state index contributed by atoms with van der Waals surface area (Å²) in [7, 11) is 2.87. The first-order valence-corrected chi connectivity index (χ1v) is 11.1. The Labute approximate surface area is 120 Å². The summed E-state index contributed by atoms with van der Waals surface area (Å²) in [5.74, 6) is 0. The molecule has 1 atom stereocenters. The molecule has 1 unspecified atom stereocenters. The molecule has 97 valence electrons. The van der Waals surface area contributed by atoms with E-state index in [0.717, 1.165) is 45.2 Å². The molecule has 0 bridgehead atoms. The van der Waals surface area contributed by atoms with Crippen molar-refractivity contribution in [2.75, 3.05) is 7.11 Å². The summed E-state index contributed by atoms with van der Waals surface area (Å²) in [5.41, 5.74) is 6.40. The number of imidazole rings is 1. The van der Waals surface area contributed by atoms with Crippen molar-refractivity contribution in [1.29, 1.82) is 0 Å². The minimum atomic E-state index is -0.412. The first-order chi connectivity index (χ1) is 8.24. The fourth-order valence-electron chi connectivity index (χ4n) is 0.871. The Balaban J connectivity index is -0.000000285. The van der Waals surface area contributed by atoms with Crippen LogP contribution in [0.15, 0.2) is 12.5 Å². The number of rotatable bonds is 3. The Morgan fingerprint density at radius 2 is 2.00 bits per heavy atom. The molecule has 0 aromatic carbocycles. The Morgan fingerprint density at radius 1 is 1.53 bits per heavy atom. The topological polar surface area (TPSA) is 81.1 Å². The van der Waals surface area contributed by atoms with Gasteiger partial charge in [0.25, 0.3) is 0 Å². The standard InChI is InChI=1S/C7H11N3O.C2H6.CH4O.CH3.Hg/c1-10-5-9-3-7(10)2-6(8)4-11;2*1-2;;/h3-6H,2,8H2,1H3;1-2H3;2H,1H3;1H3;. The van der Waals surface area contributed by atoms with E-state index < -0.39 is 6.04 Å². The van der Waals surface area contributed by atoms with Gasteiger partial charge >= 0.3 is 30.6 Å². The number of aryl methyl sites for hydroxylation is 1. The molecule has 1 aromatic heterocycles. The summed E-state index contributed by atoms with van der Waals surface area (Å²) < 4.78 is 4.04. The number of carbonyl (C=O) groups is 1. The molecule has 0 saturated heterocycles. The number of aldehydes is 1. The minimum absolute atomic E-state index is 0.412. The Bertz CT molecular complexity index is 255. The molecular formula is C11H24HgN3O2. The SMILES string of the molecule is CC.CO.Cn1cncc1CC(N)C=O.[CH3][Hg]. The number of hydrogen-bond donors (Lipinski definition) is 2. The normalized spacial score (nSPS) is 9.47. The molecular weight excluding hydrogens is 407 g/mol. The summed E-state index contributed by atoms with van der Waals surface area (Å²) in [6.07, 6.45) is 4.70. The van der Waals surface area contributed by atoms with Gasteiger partial charge in [-0.15, -0.1) is 0 Å². The predicted molar refractivity (Wildman–Crippen MR) is 66.3 cm³/mol. The molecule has 17 heavy (non-hydrogen) atoms. The molecule has 0 aliphatic carbocycles.